The number of halogens is 1. The molecule has 2 aliphatic carbocycles. The van der Waals surface area contributed by atoms with Crippen molar-refractivity contribution in [3.05, 3.63) is 148 Å². The molecule has 0 spiro atoms. The van der Waals surface area contributed by atoms with E-state index in [4.69, 9.17) is 21.3 Å². The lowest BCUT2D eigenvalue weighted by molar-refractivity contribution is -0.126. The average Bonchev–Trinajstić information content (AvgIpc) is 3.65. The first-order chi connectivity index (χ1) is 26.0. The van der Waals surface area contributed by atoms with Gasteiger partial charge in [0.15, 0.2) is 0 Å². The third kappa shape index (κ3) is 7.87. The Balaban J connectivity index is 1.18. The maximum absolute atomic E-state index is 15.4. The van der Waals surface area contributed by atoms with Crippen LogP contribution in [0.5, 0.6) is 0 Å². The number of benzene rings is 3. The van der Waals surface area contributed by atoms with E-state index in [1.165, 1.54) is 11.1 Å². The van der Waals surface area contributed by atoms with Crippen LogP contribution in [0.3, 0.4) is 0 Å². The fourth-order valence-electron chi connectivity index (χ4n) is 8.27. The van der Waals surface area contributed by atoms with Gasteiger partial charge in [-0.25, -0.2) is 9.78 Å². The summed E-state index contributed by atoms with van der Waals surface area (Å²) in [5.41, 5.74) is 7.32. The Hall–Kier alpha value is -4.99. The van der Waals surface area contributed by atoms with E-state index in [-0.39, 0.29) is 18.1 Å². The summed E-state index contributed by atoms with van der Waals surface area (Å²) >= 11 is 6.54. The molecule has 1 saturated heterocycles. The normalized spacial score (nSPS) is 19.2. The van der Waals surface area contributed by atoms with Crippen LogP contribution < -0.4 is 4.90 Å². The molecule has 2 amide bonds. The molecule has 2 atom stereocenters. The number of hydrogen-bond donors (Lipinski definition) is 0. The number of anilines is 1. The Morgan fingerprint density at radius 2 is 1.68 bits per heavy atom. The largest absolute Gasteiger partial charge is 0.446 e. The molecule has 10 heteroatoms. The van der Waals surface area contributed by atoms with Crippen LogP contribution in [0.1, 0.15) is 71.7 Å². The third-order valence-corrected chi connectivity index (χ3v) is 11.2. The monoisotopic (exact) mass is 728 g/mol. The predicted octanol–water partition coefficient (Wildman–Crippen LogP) is 7.86. The van der Waals surface area contributed by atoms with E-state index in [0.29, 0.717) is 37.7 Å². The van der Waals surface area contributed by atoms with Gasteiger partial charge in [0.25, 0.3) is 5.91 Å². The Morgan fingerprint density at radius 3 is 2.51 bits per heavy atom. The number of ether oxygens (including phenoxy) is 1. The van der Waals surface area contributed by atoms with Gasteiger partial charge in [-0.1, -0.05) is 72.6 Å². The van der Waals surface area contributed by atoms with Crippen molar-refractivity contribution in [1.29, 1.82) is 0 Å². The van der Waals surface area contributed by atoms with Gasteiger partial charge in [-0.3, -0.25) is 19.6 Å². The highest BCUT2D eigenvalue weighted by molar-refractivity contribution is 6.30. The molecular formula is C43H45ClN6O3. The summed E-state index contributed by atoms with van der Waals surface area (Å²) in [6.45, 7) is 2.21. The number of hydrogen-bond acceptors (Lipinski definition) is 6. The Bertz CT molecular complexity index is 2030. The quantitative estimate of drug-likeness (QED) is 0.162. The van der Waals surface area contributed by atoms with Crippen molar-refractivity contribution in [2.75, 3.05) is 24.5 Å². The molecule has 1 aliphatic heterocycles. The lowest BCUT2D eigenvalue weighted by atomic mass is 9.95. The molecule has 3 aliphatic rings. The van der Waals surface area contributed by atoms with Crippen LogP contribution in [0.2, 0.25) is 5.02 Å². The average molecular weight is 729 g/mol. The highest BCUT2D eigenvalue weighted by Gasteiger charge is 2.43. The van der Waals surface area contributed by atoms with Gasteiger partial charge in [0.1, 0.15) is 12.1 Å². The lowest BCUT2D eigenvalue weighted by Crippen LogP contribution is -2.62. The predicted molar refractivity (Wildman–Crippen MR) is 206 cm³/mol. The fourth-order valence-corrected chi connectivity index (χ4v) is 8.46. The molecule has 5 aromatic rings. The molecule has 53 heavy (non-hydrogen) atoms. The van der Waals surface area contributed by atoms with Crippen molar-refractivity contribution < 1.29 is 14.3 Å². The summed E-state index contributed by atoms with van der Waals surface area (Å²) in [4.78, 5) is 44.6. The summed E-state index contributed by atoms with van der Waals surface area (Å²) in [5.74, 6) is -0.148. The first kappa shape index (κ1) is 35.1. The molecule has 3 aromatic carbocycles. The van der Waals surface area contributed by atoms with Crippen LogP contribution in [0, 0.1) is 0 Å². The van der Waals surface area contributed by atoms with Crippen molar-refractivity contribution in [2.45, 2.75) is 76.2 Å². The topological polar surface area (TPSA) is 83.8 Å². The Kier molecular flexibility index (Phi) is 10.5. The molecular weight excluding hydrogens is 684 g/mol. The number of amides is 2. The van der Waals surface area contributed by atoms with Crippen LogP contribution >= 0.6 is 11.6 Å². The highest BCUT2D eigenvalue weighted by Crippen LogP contribution is 2.38. The molecule has 9 nitrogen and oxygen atoms in total. The minimum atomic E-state index is -0.799. The van der Waals surface area contributed by atoms with E-state index >= 15 is 4.79 Å². The molecule has 0 bridgehead atoms. The van der Waals surface area contributed by atoms with Gasteiger partial charge in [-0.15, -0.1) is 0 Å². The van der Waals surface area contributed by atoms with Gasteiger partial charge in [0.2, 0.25) is 0 Å². The second-order valence-corrected chi connectivity index (χ2v) is 14.9. The van der Waals surface area contributed by atoms with E-state index in [0.717, 1.165) is 73.0 Å². The summed E-state index contributed by atoms with van der Waals surface area (Å²) in [6, 6.07) is 27.4. The first-order valence-electron chi connectivity index (χ1n) is 18.8. The molecule has 1 saturated carbocycles. The number of imidazole rings is 1. The molecule has 0 radical (unpaired) electrons. The standard InChI is InChI=1S/C43H45ClN6O3/c44-35-18-19-38-34(26-35)17-16-33-12-8-20-46-40(33)41(38)48-23-24-49(43(52)53-37-14-5-2-6-15-37)39(29-48)42(51)50(28-31-9-3-1-4-10-31)36-13-7-11-32(25-36)27-47-22-21-45-30-47/h1,3-4,7-13,18-22,25-26,30,37,39,41H,2,5-6,14-17,23-24,27-29H2/t39?,41-/m1/s1. The maximum Gasteiger partial charge on any atom is 0.410 e. The van der Waals surface area contributed by atoms with Gasteiger partial charge in [0, 0.05) is 55.5 Å². The Labute approximate surface area is 316 Å². The van der Waals surface area contributed by atoms with E-state index in [1.54, 1.807) is 17.4 Å². The number of aryl methyl sites for hydroxylation is 2. The van der Waals surface area contributed by atoms with Gasteiger partial charge in [0.05, 0.1) is 24.6 Å². The Morgan fingerprint density at radius 1 is 0.849 bits per heavy atom. The minimum Gasteiger partial charge on any atom is -0.446 e. The number of carbonyl (C=O) groups is 2. The number of fused-ring (bicyclic) bond motifs is 2. The van der Waals surface area contributed by atoms with Crippen LogP contribution in [0.4, 0.5) is 10.5 Å². The van der Waals surface area contributed by atoms with E-state index in [2.05, 4.69) is 40.2 Å². The zero-order valence-corrected chi connectivity index (χ0v) is 30.7. The van der Waals surface area contributed by atoms with E-state index in [1.807, 2.05) is 76.5 Å². The van der Waals surface area contributed by atoms with E-state index < -0.39 is 12.1 Å². The second-order valence-electron chi connectivity index (χ2n) is 14.5. The molecule has 1 unspecified atom stereocenters. The van der Waals surface area contributed by atoms with Gasteiger partial charge in [-0.2, -0.15) is 0 Å². The van der Waals surface area contributed by atoms with Crippen molar-refractivity contribution in [3.8, 4) is 0 Å². The minimum absolute atomic E-state index is 0.125. The lowest BCUT2D eigenvalue weighted by Gasteiger charge is -2.45. The number of pyridine rings is 1. The van der Waals surface area contributed by atoms with Gasteiger partial charge < -0.3 is 14.2 Å². The molecule has 2 aromatic heterocycles. The van der Waals surface area contributed by atoms with Gasteiger partial charge >= 0.3 is 6.09 Å². The zero-order chi connectivity index (χ0) is 36.1. The number of piperazine rings is 1. The molecule has 3 heterocycles. The van der Waals surface area contributed by atoms with Crippen molar-refractivity contribution in [3.63, 3.8) is 0 Å². The van der Waals surface area contributed by atoms with Crippen LogP contribution in [0.15, 0.2) is 110 Å². The fraction of sp³-hybridized carbons (Fsp3) is 0.349. The number of rotatable bonds is 8. The van der Waals surface area contributed by atoms with Crippen molar-refractivity contribution in [2.24, 2.45) is 0 Å². The summed E-state index contributed by atoms with van der Waals surface area (Å²) in [6.07, 6.45) is 13.5. The first-order valence-corrected chi connectivity index (χ1v) is 19.2. The SMILES string of the molecule is O=C(C1CN([C@@H]2c3ccc(Cl)cc3CCc3cccnc32)CCN1C(=O)OC1CCCCC1)N(Cc1ccccc1)c1cccc(Cn2ccnc2)c1. The van der Waals surface area contributed by atoms with Crippen molar-refractivity contribution >= 4 is 29.3 Å². The maximum atomic E-state index is 15.4. The molecule has 8 rings (SSSR count). The summed E-state index contributed by atoms with van der Waals surface area (Å²) < 4.78 is 8.19. The van der Waals surface area contributed by atoms with Gasteiger partial charge in [-0.05, 0) is 96.7 Å². The number of nitrogens with zero attached hydrogens (tertiary/aromatic N) is 6. The molecule has 0 N–H and O–H groups in total. The van der Waals surface area contributed by atoms with Crippen LogP contribution in [-0.2, 0) is 35.5 Å². The van der Waals surface area contributed by atoms with Crippen molar-refractivity contribution in [1.82, 2.24) is 24.3 Å². The smallest absolute Gasteiger partial charge is 0.410 e. The number of carbonyl (C=O) groups excluding carboxylic acids is 2. The van der Waals surface area contributed by atoms with Crippen LogP contribution in [-0.4, -0.2) is 68.1 Å². The number of aromatic nitrogens is 3. The summed E-state index contributed by atoms with van der Waals surface area (Å²) in [5, 5.41) is 0.705. The highest BCUT2D eigenvalue weighted by atomic mass is 35.5. The third-order valence-electron chi connectivity index (χ3n) is 11.0. The second kappa shape index (κ2) is 15.9. The molecule has 2 fully saturated rings. The molecule has 272 valence electrons. The van der Waals surface area contributed by atoms with E-state index in [9.17, 15) is 4.79 Å². The summed E-state index contributed by atoms with van der Waals surface area (Å²) in [7, 11) is 0. The van der Waals surface area contributed by atoms with Crippen LogP contribution in [0.25, 0.3) is 0 Å². The zero-order valence-electron chi connectivity index (χ0n) is 29.9.